The fraction of sp³-hybridized carbons (Fsp3) is 0.222. The molecule has 0 saturated carbocycles. The van der Waals surface area contributed by atoms with Crippen molar-refractivity contribution in [1.82, 2.24) is 0 Å². The highest BCUT2D eigenvalue weighted by molar-refractivity contribution is 5.45. The molecule has 0 saturated heterocycles. The molecule has 22 heavy (non-hydrogen) atoms. The molecule has 0 heterocycles. The van der Waals surface area contributed by atoms with Crippen LogP contribution in [0.2, 0.25) is 0 Å². The first-order valence-electron chi connectivity index (χ1n) is 6.77. The van der Waals surface area contributed by atoms with Crippen LogP contribution in [0.4, 0.5) is 13.2 Å². The number of allylic oxidation sites excluding steroid dienone is 1. The molecule has 0 spiro atoms. The lowest BCUT2D eigenvalue weighted by molar-refractivity contribution is -0.137. The van der Waals surface area contributed by atoms with Gasteiger partial charge in [0, 0.05) is 5.41 Å². The first-order chi connectivity index (χ1) is 10.3. The maximum atomic E-state index is 12.7. The number of alkyl halides is 3. The third-order valence-corrected chi connectivity index (χ3v) is 3.91. The number of benzene rings is 2. The van der Waals surface area contributed by atoms with Crippen molar-refractivity contribution < 1.29 is 17.9 Å². The molecule has 116 valence electrons. The van der Waals surface area contributed by atoms with Gasteiger partial charge in [0.25, 0.3) is 0 Å². The lowest BCUT2D eigenvalue weighted by Crippen LogP contribution is -2.20. The van der Waals surface area contributed by atoms with Crippen molar-refractivity contribution in [1.29, 1.82) is 0 Å². The van der Waals surface area contributed by atoms with Gasteiger partial charge in [0.05, 0.1) is 12.7 Å². The number of methoxy groups -OCH3 is 1. The molecular weight excluding hydrogens is 289 g/mol. The van der Waals surface area contributed by atoms with Crippen LogP contribution in [0.5, 0.6) is 5.75 Å². The van der Waals surface area contributed by atoms with Crippen LogP contribution in [0.25, 0.3) is 0 Å². The van der Waals surface area contributed by atoms with E-state index >= 15 is 0 Å². The molecular formula is C18H17F3O. The summed E-state index contributed by atoms with van der Waals surface area (Å²) in [7, 11) is 1.58. The van der Waals surface area contributed by atoms with Gasteiger partial charge in [-0.1, -0.05) is 30.3 Å². The minimum Gasteiger partial charge on any atom is -0.497 e. The number of hydrogen-bond acceptors (Lipinski definition) is 1. The molecule has 0 unspecified atom stereocenters. The molecule has 4 heteroatoms. The van der Waals surface area contributed by atoms with Gasteiger partial charge in [0.15, 0.2) is 0 Å². The van der Waals surface area contributed by atoms with E-state index in [4.69, 9.17) is 4.74 Å². The molecule has 0 bridgehead atoms. The first kappa shape index (κ1) is 16.1. The van der Waals surface area contributed by atoms with E-state index in [9.17, 15) is 13.2 Å². The van der Waals surface area contributed by atoms with Gasteiger partial charge in [0.2, 0.25) is 0 Å². The molecule has 0 amide bonds. The SMILES string of the molecule is C=C[C@](C)(c1ccc(OC)cc1)c1ccc(C(F)(F)F)cc1. The molecule has 2 rings (SSSR count). The maximum absolute atomic E-state index is 12.7. The molecule has 0 aliphatic carbocycles. The molecule has 2 aromatic carbocycles. The number of ether oxygens (including phenoxy) is 1. The van der Waals surface area contributed by atoms with Crippen molar-refractivity contribution in [2.75, 3.05) is 7.11 Å². The number of rotatable bonds is 4. The van der Waals surface area contributed by atoms with Gasteiger partial charge in [-0.05, 0) is 42.3 Å². The van der Waals surface area contributed by atoms with E-state index in [0.29, 0.717) is 0 Å². The smallest absolute Gasteiger partial charge is 0.416 e. The topological polar surface area (TPSA) is 9.23 Å². The largest absolute Gasteiger partial charge is 0.497 e. The molecule has 0 aliphatic rings. The monoisotopic (exact) mass is 306 g/mol. The Hall–Kier alpha value is -2.23. The van der Waals surface area contributed by atoms with Crippen molar-refractivity contribution in [2.45, 2.75) is 18.5 Å². The van der Waals surface area contributed by atoms with Crippen LogP contribution in [-0.4, -0.2) is 7.11 Å². The van der Waals surface area contributed by atoms with Crippen LogP contribution >= 0.6 is 0 Å². The van der Waals surface area contributed by atoms with E-state index < -0.39 is 17.2 Å². The maximum Gasteiger partial charge on any atom is 0.416 e. The summed E-state index contributed by atoms with van der Waals surface area (Å²) in [5.41, 5.74) is 0.456. The van der Waals surface area contributed by atoms with Crippen LogP contribution in [-0.2, 0) is 11.6 Å². The fourth-order valence-corrected chi connectivity index (χ4v) is 2.35. The Kier molecular flexibility index (Phi) is 4.31. The normalized spacial score (nSPS) is 14.2. The van der Waals surface area contributed by atoms with Gasteiger partial charge in [-0.3, -0.25) is 0 Å². The third-order valence-electron chi connectivity index (χ3n) is 3.91. The summed E-state index contributed by atoms with van der Waals surface area (Å²) in [5, 5.41) is 0. The second-order valence-corrected chi connectivity index (χ2v) is 5.21. The van der Waals surface area contributed by atoms with E-state index in [0.717, 1.165) is 29.0 Å². The van der Waals surface area contributed by atoms with Crippen molar-refractivity contribution in [3.05, 3.63) is 77.9 Å². The van der Waals surface area contributed by atoms with Crippen molar-refractivity contribution in [2.24, 2.45) is 0 Å². The Bertz CT molecular complexity index is 642. The van der Waals surface area contributed by atoms with E-state index in [1.807, 2.05) is 31.2 Å². The Morgan fingerprint density at radius 1 is 0.864 bits per heavy atom. The lowest BCUT2D eigenvalue weighted by Gasteiger charge is -2.27. The zero-order valence-corrected chi connectivity index (χ0v) is 12.4. The summed E-state index contributed by atoms with van der Waals surface area (Å²) in [6.07, 6.45) is -2.60. The van der Waals surface area contributed by atoms with Crippen molar-refractivity contribution in [3.63, 3.8) is 0 Å². The van der Waals surface area contributed by atoms with Gasteiger partial charge >= 0.3 is 6.18 Å². The van der Waals surface area contributed by atoms with Crippen LogP contribution in [0.15, 0.2) is 61.2 Å². The van der Waals surface area contributed by atoms with Crippen LogP contribution < -0.4 is 4.74 Å². The Morgan fingerprint density at radius 3 is 1.64 bits per heavy atom. The highest BCUT2D eigenvalue weighted by Crippen LogP contribution is 2.36. The van der Waals surface area contributed by atoms with Gasteiger partial charge in [-0.15, -0.1) is 6.58 Å². The van der Waals surface area contributed by atoms with E-state index in [2.05, 4.69) is 6.58 Å². The Labute approximate surface area is 128 Å². The summed E-state index contributed by atoms with van der Waals surface area (Å²) in [4.78, 5) is 0. The van der Waals surface area contributed by atoms with E-state index in [1.54, 1.807) is 13.2 Å². The Balaban J connectivity index is 2.42. The summed E-state index contributed by atoms with van der Waals surface area (Å²) in [5.74, 6) is 0.725. The zero-order valence-electron chi connectivity index (χ0n) is 12.4. The van der Waals surface area contributed by atoms with Crippen LogP contribution in [0, 0.1) is 0 Å². The third kappa shape index (κ3) is 3.01. The highest BCUT2D eigenvalue weighted by Gasteiger charge is 2.31. The summed E-state index contributed by atoms with van der Waals surface area (Å²) >= 11 is 0. The number of halogens is 3. The minimum absolute atomic E-state index is 0.573. The predicted octanol–water partition coefficient (Wildman–Crippen LogP) is 5.21. The average Bonchev–Trinajstić information content (AvgIpc) is 2.53. The van der Waals surface area contributed by atoms with E-state index in [-0.39, 0.29) is 0 Å². The lowest BCUT2D eigenvalue weighted by atomic mass is 9.76. The summed E-state index contributed by atoms with van der Waals surface area (Å²) in [6, 6.07) is 12.6. The summed E-state index contributed by atoms with van der Waals surface area (Å²) in [6.45, 7) is 5.77. The zero-order chi connectivity index (χ0) is 16.4. The molecule has 0 aromatic heterocycles. The van der Waals surface area contributed by atoms with Crippen molar-refractivity contribution in [3.8, 4) is 5.75 Å². The molecule has 2 aromatic rings. The average molecular weight is 306 g/mol. The number of hydrogen-bond donors (Lipinski definition) is 0. The van der Waals surface area contributed by atoms with Gasteiger partial charge < -0.3 is 4.74 Å². The molecule has 0 fully saturated rings. The second kappa shape index (κ2) is 5.87. The van der Waals surface area contributed by atoms with Crippen molar-refractivity contribution >= 4 is 0 Å². The van der Waals surface area contributed by atoms with Gasteiger partial charge in [0.1, 0.15) is 5.75 Å². The standard InChI is InChI=1S/C18H17F3O/c1-4-17(2,14-9-11-16(22-3)12-10-14)13-5-7-15(8-6-13)18(19,20)21/h4-12H,1H2,2-3H3/t17-/m0/s1. The second-order valence-electron chi connectivity index (χ2n) is 5.21. The van der Waals surface area contributed by atoms with Gasteiger partial charge in [-0.25, -0.2) is 0 Å². The molecule has 0 N–H and O–H groups in total. The quantitative estimate of drug-likeness (QED) is 0.705. The fourth-order valence-electron chi connectivity index (χ4n) is 2.35. The summed E-state index contributed by atoms with van der Waals surface area (Å²) < 4.78 is 43.1. The van der Waals surface area contributed by atoms with Crippen LogP contribution in [0.3, 0.4) is 0 Å². The van der Waals surface area contributed by atoms with Crippen LogP contribution in [0.1, 0.15) is 23.6 Å². The van der Waals surface area contributed by atoms with E-state index in [1.165, 1.54) is 12.1 Å². The molecule has 1 atom stereocenters. The first-order valence-corrected chi connectivity index (χ1v) is 6.77. The Morgan fingerprint density at radius 2 is 1.27 bits per heavy atom. The molecule has 0 radical (unpaired) electrons. The van der Waals surface area contributed by atoms with Gasteiger partial charge in [-0.2, -0.15) is 13.2 Å². The molecule has 0 aliphatic heterocycles. The predicted molar refractivity (Wildman–Crippen MR) is 81.1 cm³/mol. The highest BCUT2D eigenvalue weighted by atomic mass is 19.4. The minimum atomic E-state index is -4.33. The molecule has 1 nitrogen and oxygen atoms in total.